The molecule has 0 unspecified atom stereocenters. The van der Waals surface area contributed by atoms with Gasteiger partial charge in [0.1, 0.15) is 0 Å². The molecule has 2 aromatic carbocycles. The maximum Gasteiger partial charge on any atom is 0.193 e. The molecule has 1 heteroatoms. The van der Waals surface area contributed by atoms with Crippen molar-refractivity contribution in [1.82, 2.24) is 0 Å². The first-order valence-corrected chi connectivity index (χ1v) is 7.04. The van der Waals surface area contributed by atoms with Gasteiger partial charge in [-0.2, -0.15) is 0 Å². The van der Waals surface area contributed by atoms with E-state index in [4.69, 9.17) is 0 Å². The normalized spacial score (nSPS) is 13.3. The largest absolute Gasteiger partial charge is 0.289 e. The molecule has 1 aliphatic rings. The predicted octanol–water partition coefficient (Wildman–Crippen LogP) is 3.97. The molecular weight excluding hydrogens is 232 g/mol. The molecular formula is C18H18O. The van der Waals surface area contributed by atoms with E-state index in [-0.39, 0.29) is 5.78 Å². The summed E-state index contributed by atoms with van der Waals surface area (Å²) in [5.74, 6) is 0.159. The van der Waals surface area contributed by atoms with Crippen molar-refractivity contribution >= 4 is 5.78 Å². The van der Waals surface area contributed by atoms with Gasteiger partial charge in [0.05, 0.1) is 0 Å². The highest BCUT2D eigenvalue weighted by molar-refractivity contribution is 6.10. The minimum Gasteiger partial charge on any atom is -0.289 e. The van der Waals surface area contributed by atoms with E-state index >= 15 is 0 Å². The minimum atomic E-state index is 0.159. The van der Waals surface area contributed by atoms with Crippen LogP contribution in [-0.2, 0) is 19.3 Å². The van der Waals surface area contributed by atoms with Gasteiger partial charge in [0.25, 0.3) is 0 Å². The zero-order valence-corrected chi connectivity index (χ0v) is 11.3. The standard InChI is InChI=1S/C18H18O/c1-2-13-6-3-4-9-17(13)18(19)16-11-10-14-7-5-8-15(14)12-16/h3-4,6,9-12H,2,5,7-8H2,1H3. The number of hydrogen-bond acceptors (Lipinski definition) is 1. The Morgan fingerprint density at radius 2 is 1.84 bits per heavy atom. The molecule has 3 rings (SSSR count). The minimum absolute atomic E-state index is 0.159. The second kappa shape index (κ2) is 5.00. The van der Waals surface area contributed by atoms with Crippen LogP contribution in [0.2, 0.25) is 0 Å². The summed E-state index contributed by atoms with van der Waals surface area (Å²) in [6, 6.07) is 14.1. The van der Waals surface area contributed by atoms with E-state index in [0.29, 0.717) is 0 Å². The topological polar surface area (TPSA) is 17.1 Å². The molecule has 0 heterocycles. The number of fused-ring (bicyclic) bond motifs is 1. The van der Waals surface area contributed by atoms with E-state index in [1.165, 1.54) is 17.5 Å². The molecule has 1 nitrogen and oxygen atoms in total. The first-order valence-electron chi connectivity index (χ1n) is 7.04. The summed E-state index contributed by atoms with van der Waals surface area (Å²) in [6.45, 7) is 2.09. The fourth-order valence-electron chi connectivity index (χ4n) is 2.92. The zero-order valence-electron chi connectivity index (χ0n) is 11.3. The van der Waals surface area contributed by atoms with Crippen molar-refractivity contribution in [2.24, 2.45) is 0 Å². The smallest absolute Gasteiger partial charge is 0.193 e. The van der Waals surface area contributed by atoms with E-state index in [9.17, 15) is 4.79 Å². The first-order chi connectivity index (χ1) is 9.29. The number of aryl methyl sites for hydroxylation is 3. The van der Waals surface area contributed by atoms with Gasteiger partial charge in [0.15, 0.2) is 5.78 Å². The van der Waals surface area contributed by atoms with Gasteiger partial charge in [-0.15, -0.1) is 0 Å². The SMILES string of the molecule is CCc1ccccc1C(=O)c1ccc2c(c1)CCC2. The van der Waals surface area contributed by atoms with Crippen molar-refractivity contribution in [1.29, 1.82) is 0 Å². The molecule has 0 atom stereocenters. The summed E-state index contributed by atoms with van der Waals surface area (Å²) in [5, 5.41) is 0. The molecule has 0 bridgehead atoms. The molecule has 0 amide bonds. The summed E-state index contributed by atoms with van der Waals surface area (Å²) in [7, 11) is 0. The molecule has 0 aliphatic heterocycles. The van der Waals surface area contributed by atoms with Crippen LogP contribution < -0.4 is 0 Å². The maximum absolute atomic E-state index is 12.6. The summed E-state index contributed by atoms with van der Waals surface area (Å²) in [5.41, 5.74) is 5.60. The van der Waals surface area contributed by atoms with Crippen LogP contribution in [0.4, 0.5) is 0 Å². The van der Waals surface area contributed by atoms with Crippen molar-refractivity contribution in [3.8, 4) is 0 Å². The monoisotopic (exact) mass is 250 g/mol. The molecule has 2 aromatic rings. The molecule has 1 aliphatic carbocycles. The molecule has 0 fully saturated rings. The Bertz CT molecular complexity index is 625. The molecule has 0 saturated heterocycles. The highest BCUT2D eigenvalue weighted by Gasteiger charge is 2.16. The summed E-state index contributed by atoms with van der Waals surface area (Å²) in [6.07, 6.45) is 4.40. The lowest BCUT2D eigenvalue weighted by molar-refractivity contribution is 0.103. The lowest BCUT2D eigenvalue weighted by atomic mass is 9.95. The second-order valence-corrected chi connectivity index (χ2v) is 5.18. The van der Waals surface area contributed by atoms with Crippen LogP contribution in [0.5, 0.6) is 0 Å². The van der Waals surface area contributed by atoms with Crippen molar-refractivity contribution in [2.45, 2.75) is 32.6 Å². The Hall–Kier alpha value is -1.89. The maximum atomic E-state index is 12.6. The number of rotatable bonds is 3. The Balaban J connectivity index is 2.00. The third-order valence-corrected chi connectivity index (χ3v) is 4.00. The van der Waals surface area contributed by atoms with Crippen LogP contribution in [0.1, 0.15) is 46.0 Å². The Kier molecular flexibility index (Phi) is 3.20. The third-order valence-electron chi connectivity index (χ3n) is 4.00. The van der Waals surface area contributed by atoms with Crippen molar-refractivity contribution in [2.75, 3.05) is 0 Å². The number of hydrogen-bond donors (Lipinski definition) is 0. The fraction of sp³-hybridized carbons (Fsp3) is 0.278. The van der Waals surface area contributed by atoms with Crippen LogP contribution in [0.25, 0.3) is 0 Å². The molecule has 0 spiro atoms. The molecule has 0 saturated carbocycles. The first kappa shape index (κ1) is 12.2. The number of ketones is 1. The van der Waals surface area contributed by atoms with Crippen LogP contribution in [-0.4, -0.2) is 5.78 Å². The van der Waals surface area contributed by atoms with E-state index in [2.05, 4.69) is 19.1 Å². The molecule has 0 aromatic heterocycles. The average molecular weight is 250 g/mol. The lowest BCUT2D eigenvalue weighted by Gasteiger charge is -2.08. The Labute approximate surface area is 114 Å². The Morgan fingerprint density at radius 1 is 1.05 bits per heavy atom. The number of carbonyl (C=O) groups excluding carboxylic acids is 1. The van der Waals surface area contributed by atoms with Gasteiger partial charge in [-0.1, -0.05) is 43.3 Å². The lowest BCUT2D eigenvalue weighted by Crippen LogP contribution is -2.05. The van der Waals surface area contributed by atoms with Gasteiger partial charge in [-0.05, 0) is 48.4 Å². The zero-order chi connectivity index (χ0) is 13.2. The summed E-state index contributed by atoms with van der Waals surface area (Å²) in [4.78, 5) is 12.6. The van der Waals surface area contributed by atoms with Crippen molar-refractivity contribution in [3.63, 3.8) is 0 Å². The van der Waals surface area contributed by atoms with Gasteiger partial charge < -0.3 is 0 Å². The second-order valence-electron chi connectivity index (χ2n) is 5.18. The molecule has 19 heavy (non-hydrogen) atoms. The third kappa shape index (κ3) is 2.21. The van der Waals surface area contributed by atoms with E-state index < -0.39 is 0 Å². The van der Waals surface area contributed by atoms with Crippen LogP contribution in [0.3, 0.4) is 0 Å². The van der Waals surface area contributed by atoms with Gasteiger partial charge in [0.2, 0.25) is 0 Å². The summed E-state index contributed by atoms with van der Waals surface area (Å²) < 4.78 is 0. The number of carbonyl (C=O) groups is 1. The van der Waals surface area contributed by atoms with Crippen LogP contribution in [0.15, 0.2) is 42.5 Å². The average Bonchev–Trinajstić information content (AvgIpc) is 2.93. The van der Waals surface area contributed by atoms with Gasteiger partial charge in [0, 0.05) is 11.1 Å². The highest BCUT2D eigenvalue weighted by Crippen LogP contribution is 2.24. The molecule has 96 valence electrons. The Morgan fingerprint density at radius 3 is 2.68 bits per heavy atom. The highest BCUT2D eigenvalue weighted by atomic mass is 16.1. The predicted molar refractivity (Wildman–Crippen MR) is 77.7 cm³/mol. The van der Waals surface area contributed by atoms with Gasteiger partial charge in [-0.25, -0.2) is 0 Å². The fourth-order valence-corrected chi connectivity index (χ4v) is 2.92. The van der Waals surface area contributed by atoms with E-state index in [0.717, 1.165) is 36.0 Å². The van der Waals surface area contributed by atoms with Gasteiger partial charge in [-0.3, -0.25) is 4.79 Å². The van der Waals surface area contributed by atoms with Crippen molar-refractivity contribution in [3.05, 3.63) is 70.3 Å². The van der Waals surface area contributed by atoms with E-state index in [1.54, 1.807) is 0 Å². The number of benzene rings is 2. The van der Waals surface area contributed by atoms with Gasteiger partial charge >= 0.3 is 0 Å². The van der Waals surface area contributed by atoms with E-state index in [1.807, 2.05) is 30.3 Å². The van der Waals surface area contributed by atoms with Crippen LogP contribution in [0, 0.1) is 0 Å². The summed E-state index contributed by atoms with van der Waals surface area (Å²) >= 11 is 0. The quantitative estimate of drug-likeness (QED) is 0.753. The molecule has 0 N–H and O–H groups in total. The van der Waals surface area contributed by atoms with Crippen molar-refractivity contribution < 1.29 is 4.79 Å². The molecule has 0 radical (unpaired) electrons. The van der Waals surface area contributed by atoms with Crippen LogP contribution >= 0.6 is 0 Å².